The second-order valence-corrected chi connectivity index (χ2v) is 5.09. The molecule has 3 heterocycles. The van der Waals surface area contributed by atoms with Crippen LogP contribution in [-0.4, -0.2) is 36.0 Å². The zero-order chi connectivity index (χ0) is 11.1. The van der Waals surface area contributed by atoms with Crippen LogP contribution in [0.1, 0.15) is 23.4 Å². The fraction of sp³-hybridized carbons (Fsp3) is 0.545. The van der Waals surface area contributed by atoms with Gasteiger partial charge in [-0.05, 0) is 47.4 Å². The number of halogens is 1. The first-order valence-corrected chi connectivity index (χ1v) is 6.35. The van der Waals surface area contributed by atoms with E-state index in [2.05, 4.69) is 21.2 Å². The van der Waals surface area contributed by atoms with E-state index in [4.69, 9.17) is 4.42 Å². The number of carbonyl (C=O) groups excluding carboxylic acids is 1. The summed E-state index contributed by atoms with van der Waals surface area (Å²) in [4.78, 5) is 14.1. The van der Waals surface area contributed by atoms with Crippen molar-refractivity contribution in [3.8, 4) is 0 Å². The van der Waals surface area contributed by atoms with Crippen molar-refractivity contribution < 1.29 is 9.21 Å². The van der Waals surface area contributed by atoms with Crippen LogP contribution >= 0.6 is 15.9 Å². The van der Waals surface area contributed by atoms with Gasteiger partial charge < -0.3 is 14.6 Å². The number of likely N-dealkylation sites (tertiary alicyclic amines) is 1. The molecule has 86 valence electrons. The van der Waals surface area contributed by atoms with Gasteiger partial charge in [0.05, 0.1) is 0 Å². The number of amides is 1. The smallest absolute Gasteiger partial charge is 0.289 e. The zero-order valence-electron chi connectivity index (χ0n) is 8.78. The Labute approximate surface area is 102 Å². The van der Waals surface area contributed by atoms with E-state index in [1.54, 1.807) is 12.1 Å². The Kier molecular flexibility index (Phi) is 2.52. The average Bonchev–Trinajstić information content (AvgIpc) is 2.90. The number of carbonyl (C=O) groups is 1. The molecule has 0 bridgehead atoms. The highest BCUT2D eigenvalue weighted by molar-refractivity contribution is 9.10. The predicted molar refractivity (Wildman–Crippen MR) is 62.3 cm³/mol. The molecule has 0 radical (unpaired) electrons. The molecule has 16 heavy (non-hydrogen) atoms. The van der Waals surface area contributed by atoms with Gasteiger partial charge in [-0.1, -0.05) is 0 Å². The molecule has 2 fully saturated rings. The molecule has 1 aromatic heterocycles. The summed E-state index contributed by atoms with van der Waals surface area (Å²) in [6.45, 7) is 1.85. The summed E-state index contributed by atoms with van der Waals surface area (Å²) in [5.41, 5.74) is 0. The molecule has 2 unspecified atom stereocenters. The van der Waals surface area contributed by atoms with Gasteiger partial charge in [-0.25, -0.2) is 0 Å². The Morgan fingerprint density at radius 1 is 1.50 bits per heavy atom. The van der Waals surface area contributed by atoms with Crippen LogP contribution in [-0.2, 0) is 0 Å². The van der Waals surface area contributed by atoms with Gasteiger partial charge in [-0.15, -0.1) is 0 Å². The molecule has 2 aliphatic rings. The Morgan fingerprint density at radius 2 is 2.38 bits per heavy atom. The molecule has 4 nitrogen and oxygen atoms in total. The van der Waals surface area contributed by atoms with Crippen LogP contribution in [0.5, 0.6) is 0 Å². The summed E-state index contributed by atoms with van der Waals surface area (Å²) in [5.74, 6) is 0.446. The Morgan fingerprint density at radius 3 is 3.12 bits per heavy atom. The largest absolute Gasteiger partial charge is 0.444 e. The molecular formula is C11H13BrN2O2. The van der Waals surface area contributed by atoms with E-state index < -0.39 is 0 Å². The van der Waals surface area contributed by atoms with Crippen molar-refractivity contribution in [2.24, 2.45) is 0 Å². The summed E-state index contributed by atoms with van der Waals surface area (Å²) in [6.07, 6.45) is 2.11. The maximum absolute atomic E-state index is 12.2. The first-order chi connectivity index (χ1) is 7.75. The van der Waals surface area contributed by atoms with Crippen molar-refractivity contribution in [1.82, 2.24) is 10.2 Å². The fourth-order valence-corrected chi connectivity index (χ4v) is 2.99. The van der Waals surface area contributed by atoms with Gasteiger partial charge in [0.15, 0.2) is 10.4 Å². The number of hydrogen-bond acceptors (Lipinski definition) is 3. The van der Waals surface area contributed by atoms with E-state index in [1.165, 1.54) is 0 Å². The molecule has 1 N–H and O–H groups in total. The van der Waals surface area contributed by atoms with Crippen LogP contribution in [0.15, 0.2) is 21.2 Å². The van der Waals surface area contributed by atoms with E-state index in [0.717, 1.165) is 25.9 Å². The van der Waals surface area contributed by atoms with Crippen LogP contribution in [0.4, 0.5) is 0 Å². The van der Waals surface area contributed by atoms with Crippen molar-refractivity contribution >= 4 is 21.8 Å². The van der Waals surface area contributed by atoms with Gasteiger partial charge >= 0.3 is 0 Å². The molecule has 2 saturated heterocycles. The van der Waals surface area contributed by atoms with Crippen LogP contribution < -0.4 is 5.32 Å². The first-order valence-electron chi connectivity index (χ1n) is 5.55. The molecule has 5 heteroatoms. The molecule has 1 aromatic rings. The van der Waals surface area contributed by atoms with E-state index in [9.17, 15) is 4.79 Å². The predicted octanol–water partition coefficient (Wildman–Crippen LogP) is 1.62. The number of hydrogen-bond donors (Lipinski definition) is 1. The molecular weight excluding hydrogens is 272 g/mol. The van der Waals surface area contributed by atoms with Gasteiger partial charge in [0, 0.05) is 18.6 Å². The topological polar surface area (TPSA) is 45.5 Å². The van der Waals surface area contributed by atoms with E-state index in [1.807, 2.05) is 4.90 Å². The fourth-order valence-electron chi connectivity index (χ4n) is 2.69. The lowest BCUT2D eigenvalue weighted by Gasteiger charge is -2.22. The second kappa shape index (κ2) is 3.89. The summed E-state index contributed by atoms with van der Waals surface area (Å²) in [5, 5.41) is 3.43. The number of furan rings is 1. The lowest BCUT2D eigenvalue weighted by atomic mass is 10.1. The standard InChI is InChI=1S/C11H13BrN2O2/c12-10-2-1-9(16-10)11(15)14-6-4-7-8(14)3-5-13-7/h1-2,7-8,13H,3-6H2. The summed E-state index contributed by atoms with van der Waals surface area (Å²) in [7, 11) is 0. The van der Waals surface area contributed by atoms with Crippen molar-refractivity contribution in [3.05, 3.63) is 22.6 Å². The Bertz CT molecular complexity index is 418. The van der Waals surface area contributed by atoms with Crippen molar-refractivity contribution in [3.63, 3.8) is 0 Å². The highest BCUT2D eigenvalue weighted by Gasteiger charge is 2.40. The molecule has 2 aliphatic heterocycles. The minimum atomic E-state index is 0.0156. The van der Waals surface area contributed by atoms with Gasteiger partial charge in [-0.2, -0.15) is 0 Å². The highest BCUT2D eigenvalue weighted by atomic mass is 79.9. The number of nitrogens with one attached hydrogen (secondary N) is 1. The third-order valence-electron chi connectivity index (χ3n) is 3.44. The molecule has 2 atom stereocenters. The SMILES string of the molecule is O=C(c1ccc(Br)o1)N1CCC2NCCC21. The summed E-state index contributed by atoms with van der Waals surface area (Å²) >= 11 is 3.22. The van der Waals surface area contributed by atoms with Gasteiger partial charge in [0.25, 0.3) is 5.91 Å². The van der Waals surface area contributed by atoms with Crippen molar-refractivity contribution in [2.45, 2.75) is 24.9 Å². The second-order valence-electron chi connectivity index (χ2n) is 4.31. The summed E-state index contributed by atoms with van der Waals surface area (Å²) in [6, 6.07) is 4.33. The molecule has 1 amide bonds. The minimum absolute atomic E-state index is 0.0156. The lowest BCUT2D eigenvalue weighted by Crippen LogP contribution is -2.38. The molecule has 3 rings (SSSR count). The molecule has 0 spiro atoms. The van der Waals surface area contributed by atoms with Crippen LogP contribution in [0, 0.1) is 0 Å². The highest BCUT2D eigenvalue weighted by Crippen LogP contribution is 2.27. The number of nitrogens with zero attached hydrogens (tertiary/aromatic N) is 1. The van der Waals surface area contributed by atoms with Crippen molar-refractivity contribution in [1.29, 1.82) is 0 Å². The van der Waals surface area contributed by atoms with Gasteiger partial charge in [0.2, 0.25) is 0 Å². The Hall–Kier alpha value is -0.810. The third-order valence-corrected chi connectivity index (χ3v) is 3.86. The third kappa shape index (κ3) is 1.58. The monoisotopic (exact) mass is 284 g/mol. The Balaban J connectivity index is 1.80. The van der Waals surface area contributed by atoms with Crippen LogP contribution in [0.25, 0.3) is 0 Å². The average molecular weight is 285 g/mol. The number of rotatable bonds is 1. The van der Waals surface area contributed by atoms with Crippen LogP contribution in [0.2, 0.25) is 0 Å². The van der Waals surface area contributed by atoms with E-state index in [-0.39, 0.29) is 5.91 Å². The maximum atomic E-state index is 12.2. The van der Waals surface area contributed by atoms with Crippen molar-refractivity contribution in [2.75, 3.05) is 13.1 Å². The molecule has 0 aliphatic carbocycles. The normalized spacial score (nSPS) is 28.4. The van der Waals surface area contributed by atoms with Gasteiger partial charge in [0.1, 0.15) is 0 Å². The van der Waals surface area contributed by atoms with E-state index >= 15 is 0 Å². The van der Waals surface area contributed by atoms with E-state index in [0.29, 0.717) is 22.5 Å². The zero-order valence-corrected chi connectivity index (χ0v) is 10.4. The molecule has 0 saturated carbocycles. The van der Waals surface area contributed by atoms with Crippen LogP contribution in [0.3, 0.4) is 0 Å². The molecule has 0 aromatic carbocycles. The first kappa shape index (κ1) is 10.4. The minimum Gasteiger partial charge on any atom is -0.444 e. The van der Waals surface area contributed by atoms with Gasteiger partial charge in [-0.3, -0.25) is 4.79 Å². The lowest BCUT2D eigenvalue weighted by molar-refractivity contribution is 0.0703. The quantitative estimate of drug-likeness (QED) is 0.852. The number of fused-ring (bicyclic) bond motifs is 1. The summed E-state index contributed by atoms with van der Waals surface area (Å²) < 4.78 is 5.92. The maximum Gasteiger partial charge on any atom is 0.289 e.